The SMILES string of the molecule is CCC(CNC(=O)c1ccccc1OCC1CCCO1)c1ccccc1. The average Bonchev–Trinajstić information content (AvgIpc) is 3.21. The first-order chi connectivity index (χ1) is 12.8. The van der Waals surface area contributed by atoms with Crippen molar-refractivity contribution >= 4 is 5.91 Å². The number of hydrogen-bond donors (Lipinski definition) is 1. The summed E-state index contributed by atoms with van der Waals surface area (Å²) in [6.45, 7) is 4.04. The first-order valence-corrected chi connectivity index (χ1v) is 9.44. The van der Waals surface area contributed by atoms with E-state index in [1.54, 1.807) is 0 Å². The van der Waals surface area contributed by atoms with E-state index in [1.165, 1.54) is 5.56 Å². The molecular formula is C22H27NO3. The maximum atomic E-state index is 12.7. The lowest BCUT2D eigenvalue weighted by Crippen LogP contribution is -2.29. The van der Waals surface area contributed by atoms with Crippen molar-refractivity contribution < 1.29 is 14.3 Å². The molecule has 0 saturated carbocycles. The largest absolute Gasteiger partial charge is 0.490 e. The van der Waals surface area contributed by atoms with Crippen LogP contribution in [0.5, 0.6) is 5.75 Å². The Bertz CT molecular complexity index is 696. The van der Waals surface area contributed by atoms with E-state index in [0.29, 0.717) is 30.4 Å². The van der Waals surface area contributed by atoms with Crippen molar-refractivity contribution in [1.29, 1.82) is 0 Å². The van der Waals surface area contributed by atoms with Gasteiger partial charge in [-0.1, -0.05) is 49.4 Å². The number of rotatable bonds is 8. The number of nitrogens with one attached hydrogen (secondary N) is 1. The van der Waals surface area contributed by atoms with Gasteiger partial charge in [-0.3, -0.25) is 4.79 Å². The maximum Gasteiger partial charge on any atom is 0.255 e. The van der Waals surface area contributed by atoms with Gasteiger partial charge in [0, 0.05) is 19.1 Å². The van der Waals surface area contributed by atoms with Crippen molar-refractivity contribution in [3.05, 3.63) is 65.7 Å². The molecule has 0 radical (unpaired) electrons. The van der Waals surface area contributed by atoms with Gasteiger partial charge in [0.05, 0.1) is 11.7 Å². The summed E-state index contributed by atoms with van der Waals surface area (Å²) in [6, 6.07) is 17.7. The average molecular weight is 353 g/mol. The zero-order chi connectivity index (χ0) is 18.2. The summed E-state index contributed by atoms with van der Waals surface area (Å²) in [6.07, 6.45) is 3.20. The zero-order valence-corrected chi connectivity index (χ0v) is 15.3. The second-order valence-corrected chi connectivity index (χ2v) is 6.67. The molecule has 2 aromatic rings. The number of hydrogen-bond acceptors (Lipinski definition) is 3. The van der Waals surface area contributed by atoms with Crippen molar-refractivity contribution in [1.82, 2.24) is 5.32 Å². The fourth-order valence-electron chi connectivity index (χ4n) is 3.27. The Morgan fingerprint density at radius 1 is 1.19 bits per heavy atom. The van der Waals surface area contributed by atoms with Gasteiger partial charge in [0.1, 0.15) is 12.4 Å². The Labute approximate surface area is 155 Å². The van der Waals surface area contributed by atoms with Gasteiger partial charge in [-0.25, -0.2) is 0 Å². The molecule has 0 aliphatic carbocycles. The van der Waals surface area contributed by atoms with Gasteiger partial charge in [0.2, 0.25) is 0 Å². The molecule has 1 aliphatic heterocycles. The summed E-state index contributed by atoms with van der Waals surface area (Å²) in [7, 11) is 0. The van der Waals surface area contributed by atoms with Crippen molar-refractivity contribution in [2.24, 2.45) is 0 Å². The van der Waals surface area contributed by atoms with Crippen molar-refractivity contribution in [2.45, 2.75) is 38.2 Å². The Balaban J connectivity index is 1.60. The molecule has 138 valence electrons. The van der Waals surface area contributed by atoms with Crippen LogP contribution in [0.3, 0.4) is 0 Å². The minimum atomic E-state index is -0.0951. The van der Waals surface area contributed by atoms with Crippen LogP contribution in [0.2, 0.25) is 0 Å². The van der Waals surface area contributed by atoms with E-state index >= 15 is 0 Å². The van der Waals surface area contributed by atoms with Gasteiger partial charge in [-0.05, 0) is 37.0 Å². The van der Waals surface area contributed by atoms with Crippen LogP contribution in [-0.2, 0) is 4.74 Å². The molecule has 1 amide bonds. The standard InChI is InChI=1S/C22H27NO3/c1-2-17(18-9-4-3-5-10-18)15-23-22(24)20-12-6-7-13-21(20)26-16-19-11-8-14-25-19/h3-7,9-10,12-13,17,19H,2,8,11,14-16H2,1H3,(H,23,24). The monoisotopic (exact) mass is 353 g/mol. The van der Waals surface area contributed by atoms with E-state index in [-0.39, 0.29) is 12.0 Å². The summed E-state index contributed by atoms with van der Waals surface area (Å²) < 4.78 is 11.5. The van der Waals surface area contributed by atoms with E-state index in [4.69, 9.17) is 9.47 Å². The summed E-state index contributed by atoms with van der Waals surface area (Å²) in [5.41, 5.74) is 1.83. The highest BCUT2D eigenvalue weighted by molar-refractivity contribution is 5.96. The fourth-order valence-corrected chi connectivity index (χ4v) is 3.27. The van der Waals surface area contributed by atoms with Crippen molar-refractivity contribution in [3.8, 4) is 5.75 Å². The Hall–Kier alpha value is -2.33. The van der Waals surface area contributed by atoms with Crippen LogP contribution in [0, 0.1) is 0 Å². The smallest absolute Gasteiger partial charge is 0.255 e. The Kier molecular flexibility index (Phi) is 6.67. The Morgan fingerprint density at radius 2 is 1.96 bits per heavy atom. The second kappa shape index (κ2) is 9.39. The highest BCUT2D eigenvalue weighted by Gasteiger charge is 2.19. The molecule has 1 heterocycles. The Morgan fingerprint density at radius 3 is 2.69 bits per heavy atom. The minimum Gasteiger partial charge on any atom is -0.490 e. The lowest BCUT2D eigenvalue weighted by atomic mass is 9.96. The number of benzene rings is 2. The third-order valence-corrected chi connectivity index (χ3v) is 4.85. The first kappa shape index (κ1) is 18.5. The molecule has 4 heteroatoms. The molecule has 4 nitrogen and oxygen atoms in total. The number of carbonyl (C=O) groups excluding carboxylic acids is 1. The molecular weight excluding hydrogens is 326 g/mol. The molecule has 1 aliphatic rings. The van der Waals surface area contributed by atoms with Gasteiger partial charge in [-0.2, -0.15) is 0 Å². The molecule has 2 unspecified atom stereocenters. The van der Waals surface area contributed by atoms with E-state index in [2.05, 4.69) is 24.4 Å². The van der Waals surface area contributed by atoms with Gasteiger partial charge in [0.15, 0.2) is 0 Å². The predicted molar refractivity (Wildman–Crippen MR) is 103 cm³/mol. The summed E-state index contributed by atoms with van der Waals surface area (Å²) in [5.74, 6) is 0.829. The summed E-state index contributed by atoms with van der Waals surface area (Å²) in [4.78, 5) is 12.7. The highest BCUT2D eigenvalue weighted by Crippen LogP contribution is 2.22. The van der Waals surface area contributed by atoms with E-state index < -0.39 is 0 Å². The second-order valence-electron chi connectivity index (χ2n) is 6.67. The summed E-state index contributed by atoms with van der Waals surface area (Å²) >= 11 is 0. The first-order valence-electron chi connectivity index (χ1n) is 9.44. The van der Waals surface area contributed by atoms with Crippen LogP contribution in [0.15, 0.2) is 54.6 Å². The number of ether oxygens (including phenoxy) is 2. The quantitative estimate of drug-likeness (QED) is 0.775. The third kappa shape index (κ3) is 4.85. The van der Waals surface area contributed by atoms with Gasteiger partial charge in [-0.15, -0.1) is 0 Å². The normalized spacial score (nSPS) is 17.7. The van der Waals surface area contributed by atoms with Crippen LogP contribution in [-0.4, -0.2) is 31.8 Å². The van der Waals surface area contributed by atoms with Crippen LogP contribution in [0.25, 0.3) is 0 Å². The van der Waals surface area contributed by atoms with Crippen LogP contribution in [0.1, 0.15) is 48.0 Å². The van der Waals surface area contributed by atoms with E-state index in [1.807, 2.05) is 42.5 Å². The molecule has 1 saturated heterocycles. The van der Waals surface area contributed by atoms with Crippen LogP contribution < -0.4 is 10.1 Å². The third-order valence-electron chi connectivity index (χ3n) is 4.85. The highest BCUT2D eigenvalue weighted by atomic mass is 16.5. The van der Waals surface area contributed by atoms with E-state index in [0.717, 1.165) is 25.9 Å². The fraction of sp³-hybridized carbons (Fsp3) is 0.409. The van der Waals surface area contributed by atoms with Gasteiger partial charge in [0.25, 0.3) is 5.91 Å². The molecule has 1 fully saturated rings. The van der Waals surface area contributed by atoms with Crippen molar-refractivity contribution in [3.63, 3.8) is 0 Å². The molecule has 0 spiro atoms. The number of amides is 1. The maximum absolute atomic E-state index is 12.7. The summed E-state index contributed by atoms with van der Waals surface area (Å²) in [5, 5.41) is 3.07. The van der Waals surface area contributed by atoms with E-state index in [9.17, 15) is 4.79 Å². The molecule has 3 rings (SSSR count). The molecule has 2 aromatic carbocycles. The van der Waals surface area contributed by atoms with Crippen molar-refractivity contribution in [2.75, 3.05) is 19.8 Å². The minimum absolute atomic E-state index is 0.0951. The zero-order valence-electron chi connectivity index (χ0n) is 15.3. The molecule has 1 N–H and O–H groups in total. The predicted octanol–water partition coefficient (Wildman–Crippen LogP) is 4.17. The van der Waals surface area contributed by atoms with Gasteiger partial charge >= 0.3 is 0 Å². The van der Waals surface area contributed by atoms with Crippen LogP contribution >= 0.6 is 0 Å². The lowest BCUT2D eigenvalue weighted by molar-refractivity contribution is 0.0670. The van der Waals surface area contributed by atoms with Gasteiger partial charge < -0.3 is 14.8 Å². The lowest BCUT2D eigenvalue weighted by Gasteiger charge is -2.18. The topological polar surface area (TPSA) is 47.6 Å². The number of carbonyl (C=O) groups is 1. The molecule has 26 heavy (non-hydrogen) atoms. The van der Waals surface area contributed by atoms with Crippen LogP contribution in [0.4, 0.5) is 0 Å². The molecule has 0 aromatic heterocycles. The molecule has 2 atom stereocenters. The number of para-hydroxylation sites is 1. The molecule has 0 bridgehead atoms.